The number of benzene rings is 1. The molecule has 0 spiro atoms. The number of anilines is 1. The SMILES string of the molecule is Cc1ccc(C(=O)NCC(=O)Nc2cc(F)ccc2C)s1. The highest BCUT2D eigenvalue weighted by molar-refractivity contribution is 7.13. The number of hydrogen-bond donors (Lipinski definition) is 2. The lowest BCUT2D eigenvalue weighted by atomic mass is 10.2. The average molecular weight is 306 g/mol. The minimum absolute atomic E-state index is 0.161. The molecule has 0 atom stereocenters. The number of hydrogen-bond acceptors (Lipinski definition) is 3. The standard InChI is InChI=1S/C15H15FN2O2S/c1-9-3-5-11(16)7-12(9)18-14(19)8-17-15(20)13-6-4-10(2)21-13/h3-7H,8H2,1-2H3,(H,17,20)(H,18,19). The van der Waals surface area contributed by atoms with Crippen LogP contribution in [0.15, 0.2) is 30.3 Å². The second-order valence-corrected chi connectivity index (χ2v) is 5.89. The van der Waals surface area contributed by atoms with Crippen LogP contribution in [0.25, 0.3) is 0 Å². The fourth-order valence-corrected chi connectivity index (χ4v) is 2.51. The Bertz CT molecular complexity index is 682. The third kappa shape index (κ3) is 4.13. The van der Waals surface area contributed by atoms with E-state index < -0.39 is 11.7 Å². The summed E-state index contributed by atoms with van der Waals surface area (Å²) in [7, 11) is 0. The van der Waals surface area contributed by atoms with Crippen LogP contribution >= 0.6 is 11.3 Å². The van der Waals surface area contributed by atoms with E-state index >= 15 is 0 Å². The zero-order valence-corrected chi connectivity index (χ0v) is 12.5. The minimum atomic E-state index is -0.422. The first-order valence-corrected chi connectivity index (χ1v) is 7.18. The first-order valence-electron chi connectivity index (χ1n) is 6.36. The van der Waals surface area contributed by atoms with Crippen molar-refractivity contribution in [3.63, 3.8) is 0 Å². The van der Waals surface area contributed by atoms with E-state index in [1.807, 2.05) is 13.0 Å². The van der Waals surface area contributed by atoms with Crippen LogP contribution in [0.4, 0.5) is 10.1 Å². The lowest BCUT2D eigenvalue weighted by Crippen LogP contribution is -2.32. The smallest absolute Gasteiger partial charge is 0.261 e. The molecule has 0 aliphatic heterocycles. The van der Waals surface area contributed by atoms with Gasteiger partial charge in [0, 0.05) is 10.6 Å². The van der Waals surface area contributed by atoms with E-state index in [1.54, 1.807) is 19.1 Å². The fraction of sp³-hybridized carbons (Fsp3) is 0.200. The first kappa shape index (κ1) is 15.2. The van der Waals surface area contributed by atoms with Crippen LogP contribution < -0.4 is 10.6 Å². The van der Waals surface area contributed by atoms with Crippen molar-refractivity contribution in [2.45, 2.75) is 13.8 Å². The molecule has 21 heavy (non-hydrogen) atoms. The van der Waals surface area contributed by atoms with Gasteiger partial charge in [0.2, 0.25) is 5.91 Å². The number of nitrogens with one attached hydrogen (secondary N) is 2. The van der Waals surface area contributed by atoms with Crippen LogP contribution in [0.1, 0.15) is 20.1 Å². The van der Waals surface area contributed by atoms with E-state index in [0.717, 1.165) is 10.4 Å². The Balaban J connectivity index is 1.90. The predicted octanol–water partition coefficient (Wildman–Crippen LogP) is 2.87. The highest BCUT2D eigenvalue weighted by atomic mass is 32.1. The molecule has 0 saturated carbocycles. The summed E-state index contributed by atoms with van der Waals surface area (Å²) in [5.41, 5.74) is 1.16. The largest absolute Gasteiger partial charge is 0.342 e. The van der Waals surface area contributed by atoms with Gasteiger partial charge in [0.1, 0.15) is 5.82 Å². The average Bonchev–Trinajstić information content (AvgIpc) is 2.87. The van der Waals surface area contributed by atoms with Crippen LogP contribution in [-0.4, -0.2) is 18.4 Å². The van der Waals surface area contributed by atoms with Gasteiger partial charge < -0.3 is 10.6 Å². The Labute approximate surface area is 126 Å². The molecule has 4 nitrogen and oxygen atoms in total. The second kappa shape index (κ2) is 6.49. The molecule has 1 aromatic heterocycles. The molecule has 0 fully saturated rings. The summed E-state index contributed by atoms with van der Waals surface area (Å²) in [6, 6.07) is 7.71. The molecule has 1 heterocycles. The molecular formula is C15H15FN2O2S. The first-order chi connectivity index (χ1) is 9.95. The molecule has 0 aliphatic carbocycles. The maximum absolute atomic E-state index is 13.1. The van der Waals surface area contributed by atoms with Gasteiger partial charge in [-0.1, -0.05) is 6.07 Å². The summed E-state index contributed by atoms with van der Waals surface area (Å²) in [5, 5.41) is 5.10. The highest BCUT2D eigenvalue weighted by Crippen LogP contribution is 2.16. The molecule has 0 bridgehead atoms. The van der Waals surface area contributed by atoms with E-state index in [4.69, 9.17) is 0 Å². The van der Waals surface area contributed by atoms with Crippen LogP contribution in [0, 0.1) is 19.7 Å². The van der Waals surface area contributed by atoms with Gasteiger partial charge in [0.05, 0.1) is 11.4 Å². The predicted molar refractivity (Wildman–Crippen MR) is 81.2 cm³/mol. The lowest BCUT2D eigenvalue weighted by Gasteiger charge is -2.09. The molecule has 2 amide bonds. The van der Waals surface area contributed by atoms with Crippen molar-refractivity contribution in [1.82, 2.24) is 5.32 Å². The van der Waals surface area contributed by atoms with Crippen molar-refractivity contribution in [3.8, 4) is 0 Å². The van der Waals surface area contributed by atoms with Gasteiger partial charge >= 0.3 is 0 Å². The highest BCUT2D eigenvalue weighted by Gasteiger charge is 2.11. The van der Waals surface area contributed by atoms with Crippen LogP contribution in [0.2, 0.25) is 0 Å². The summed E-state index contributed by atoms with van der Waals surface area (Å²) in [6.45, 7) is 3.51. The molecule has 0 unspecified atom stereocenters. The van der Waals surface area contributed by atoms with Crippen molar-refractivity contribution in [2.75, 3.05) is 11.9 Å². The Morgan fingerprint density at radius 1 is 1.19 bits per heavy atom. The molecule has 1 aromatic carbocycles. The van der Waals surface area contributed by atoms with Crippen molar-refractivity contribution in [2.24, 2.45) is 0 Å². The van der Waals surface area contributed by atoms with E-state index in [9.17, 15) is 14.0 Å². The van der Waals surface area contributed by atoms with Crippen LogP contribution in [0.5, 0.6) is 0 Å². The Morgan fingerprint density at radius 3 is 2.62 bits per heavy atom. The molecule has 0 radical (unpaired) electrons. The summed E-state index contributed by atoms with van der Waals surface area (Å²) < 4.78 is 13.1. The maximum Gasteiger partial charge on any atom is 0.261 e. The number of rotatable bonds is 4. The van der Waals surface area contributed by atoms with Crippen molar-refractivity contribution >= 4 is 28.8 Å². The summed E-state index contributed by atoms with van der Waals surface area (Å²) in [6.07, 6.45) is 0. The van der Waals surface area contributed by atoms with Crippen LogP contribution in [0.3, 0.4) is 0 Å². The third-order valence-corrected chi connectivity index (χ3v) is 3.85. The zero-order valence-electron chi connectivity index (χ0n) is 11.7. The van der Waals surface area contributed by atoms with E-state index in [-0.39, 0.29) is 12.5 Å². The van der Waals surface area contributed by atoms with Gasteiger partial charge in [-0.2, -0.15) is 0 Å². The third-order valence-electron chi connectivity index (χ3n) is 2.85. The van der Waals surface area contributed by atoms with Gasteiger partial charge in [0.25, 0.3) is 5.91 Å². The number of thiophene rings is 1. The quantitative estimate of drug-likeness (QED) is 0.912. The molecule has 0 aliphatic rings. The number of amides is 2. The normalized spacial score (nSPS) is 10.2. The van der Waals surface area contributed by atoms with Crippen LogP contribution in [-0.2, 0) is 4.79 Å². The summed E-state index contributed by atoms with van der Waals surface area (Å²) in [4.78, 5) is 25.2. The van der Waals surface area contributed by atoms with Crippen molar-refractivity contribution < 1.29 is 14.0 Å². The number of carbonyl (C=O) groups is 2. The van der Waals surface area contributed by atoms with Gasteiger partial charge in [-0.25, -0.2) is 4.39 Å². The number of aryl methyl sites for hydroxylation is 2. The molecule has 2 N–H and O–H groups in total. The molecular weight excluding hydrogens is 291 g/mol. The van der Waals surface area contributed by atoms with Crippen molar-refractivity contribution in [1.29, 1.82) is 0 Å². The molecule has 6 heteroatoms. The number of carbonyl (C=O) groups excluding carboxylic acids is 2. The molecule has 2 aromatic rings. The monoisotopic (exact) mass is 306 g/mol. The topological polar surface area (TPSA) is 58.2 Å². The van der Waals surface area contributed by atoms with Crippen molar-refractivity contribution in [3.05, 3.63) is 51.5 Å². The molecule has 0 saturated heterocycles. The van der Waals surface area contributed by atoms with Gasteiger partial charge in [-0.15, -0.1) is 11.3 Å². The summed E-state index contributed by atoms with van der Waals surface area (Å²) >= 11 is 1.36. The fourth-order valence-electron chi connectivity index (χ4n) is 1.73. The van der Waals surface area contributed by atoms with E-state index in [0.29, 0.717) is 10.6 Å². The molecule has 110 valence electrons. The van der Waals surface area contributed by atoms with Gasteiger partial charge in [0.15, 0.2) is 0 Å². The Kier molecular flexibility index (Phi) is 4.70. The van der Waals surface area contributed by atoms with Gasteiger partial charge in [-0.05, 0) is 43.7 Å². The van der Waals surface area contributed by atoms with E-state index in [1.165, 1.54) is 23.5 Å². The lowest BCUT2D eigenvalue weighted by molar-refractivity contribution is -0.115. The van der Waals surface area contributed by atoms with E-state index in [2.05, 4.69) is 10.6 Å². The van der Waals surface area contributed by atoms with Gasteiger partial charge in [-0.3, -0.25) is 9.59 Å². The summed E-state index contributed by atoms with van der Waals surface area (Å²) in [5.74, 6) is -1.11. The zero-order chi connectivity index (χ0) is 15.4. The Hall–Kier alpha value is -2.21. The maximum atomic E-state index is 13.1. The Morgan fingerprint density at radius 2 is 1.95 bits per heavy atom. The second-order valence-electron chi connectivity index (χ2n) is 4.60. The number of halogens is 1. The molecule has 2 rings (SSSR count). The minimum Gasteiger partial charge on any atom is -0.342 e.